The number of methoxy groups -OCH3 is 3. The van der Waals surface area contributed by atoms with E-state index in [0.717, 1.165) is 4.90 Å². The number of carbonyl (C=O) groups is 4. The van der Waals surface area contributed by atoms with Gasteiger partial charge in [0.15, 0.2) is 0 Å². The number of anilines is 1. The van der Waals surface area contributed by atoms with Crippen LogP contribution in [-0.2, 0) is 23.9 Å². The van der Waals surface area contributed by atoms with E-state index in [1.807, 2.05) is 0 Å². The Morgan fingerprint density at radius 1 is 0.929 bits per heavy atom. The Morgan fingerprint density at radius 3 is 2.00 bits per heavy atom. The van der Waals surface area contributed by atoms with E-state index < -0.39 is 30.3 Å². The number of ether oxygens (including phenoxy) is 3. The zero-order chi connectivity index (χ0) is 20.7. The van der Waals surface area contributed by atoms with Gasteiger partial charge in [-0.15, -0.1) is 0 Å². The third kappa shape index (κ3) is 4.65. The van der Waals surface area contributed by atoms with Crippen LogP contribution in [0.1, 0.15) is 0 Å². The maximum atomic E-state index is 12.6. The predicted octanol–water partition coefficient (Wildman–Crippen LogP) is 0.112. The standard InChI is InChI=1S/C18H23N3O7/c1-26-10-8-19(9-11-27-2)15(22)12-20-16(23)17(24)21(18(20)25)13-4-6-14(28-3)7-5-13/h4-7H,8-12H2,1-3H3. The molecule has 1 aliphatic rings. The first-order chi connectivity index (χ1) is 13.4. The molecule has 0 unspecified atom stereocenters. The van der Waals surface area contributed by atoms with E-state index in [1.165, 1.54) is 38.4 Å². The first kappa shape index (κ1) is 21.3. The Bertz CT molecular complexity index is 727. The van der Waals surface area contributed by atoms with Gasteiger partial charge >= 0.3 is 17.8 Å². The molecule has 0 aromatic heterocycles. The van der Waals surface area contributed by atoms with Crippen molar-refractivity contribution in [1.82, 2.24) is 9.80 Å². The molecular weight excluding hydrogens is 370 g/mol. The van der Waals surface area contributed by atoms with Crippen molar-refractivity contribution < 1.29 is 33.4 Å². The van der Waals surface area contributed by atoms with Crippen LogP contribution in [0.15, 0.2) is 24.3 Å². The van der Waals surface area contributed by atoms with Crippen molar-refractivity contribution >= 4 is 29.4 Å². The Morgan fingerprint density at radius 2 is 1.50 bits per heavy atom. The summed E-state index contributed by atoms with van der Waals surface area (Å²) in [6.07, 6.45) is 0. The third-order valence-electron chi connectivity index (χ3n) is 4.16. The first-order valence-electron chi connectivity index (χ1n) is 8.54. The molecule has 10 nitrogen and oxygen atoms in total. The monoisotopic (exact) mass is 393 g/mol. The molecule has 0 radical (unpaired) electrons. The quantitative estimate of drug-likeness (QED) is 0.410. The molecule has 0 bridgehead atoms. The van der Waals surface area contributed by atoms with Gasteiger partial charge in [-0.1, -0.05) is 0 Å². The Kier molecular flexibility index (Phi) is 7.47. The molecule has 1 aliphatic heterocycles. The van der Waals surface area contributed by atoms with Crippen LogP contribution in [0.5, 0.6) is 5.75 Å². The molecular formula is C18H23N3O7. The highest BCUT2D eigenvalue weighted by atomic mass is 16.5. The van der Waals surface area contributed by atoms with Crippen LogP contribution in [0.25, 0.3) is 0 Å². The number of hydrogen-bond donors (Lipinski definition) is 0. The lowest BCUT2D eigenvalue weighted by Crippen LogP contribution is -2.45. The number of carbonyl (C=O) groups excluding carboxylic acids is 4. The van der Waals surface area contributed by atoms with E-state index in [2.05, 4.69) is 0 Å². The molecule has 0 atom stereocenters. The topological polar surface area (TPSA) is 106 Å². The minimum atomic E-state index is -1.05. The van der Waals surface area contributed by atoms with Gasteiger partial charge in [-0.05, 0) is 24.3 Å². The summed E-state index contributed by atoms with van der Waals surface area (Å²) in [5.41, 5.74) is 0.217. The number of nitrogens with zero attached hydrogens (tertiary/aromatic N) is 3. The smallest absolute Gasteiger partial charge is 0.339 e. The van der Waals surface area contributed by atoms with Crippen molar-refractivity contribution in [2.24, 2.45) is 0 Å². The van der Waals surface area contributed by atoms with Crippen molar-refractivity contribution in [3.8, 4) is 5.75 Å². The van der Waals surface area contributed by atoms with Crippen molar-refractivity contribution in [3.63, 3.8) is 0 Å². The van der Waals surface area contributed by atoms with Crippen molar-refractivity contribution in [2.75, 3.05) is 59.1 Å². The Labute approximate surface area is 162 Å². The van der Waals surface area contributed by atoms with Crippen LogP contribution >= 0.6 is 0 Å². The maximum absolute atomic E-state index is 12.6. The predicted molar refractivity (Wildman–Crippen MR) is 97.9 cm³/mol. The van der Waals surface area contributed by atoms with Gasteiger partial charge in [0.2, 0.25) is 5.91 Å². The molecule has 0 N–H and O–H groups in total. The van der Waals surface area contributed by atoms with Crippen LogP contribution in [0, 0.1) is 0 Å². The van der Waals surface area contributed by atoms with Gasteiger partial charge in [0.25, 0.3) is 0 Å². The highest BCUT2D eigenvalue weighted by Crippen LogP contribution is 2.24. The van der Waals surface area contributed by atoms with Crippen molar-refractivity contribution in [1.29, 1.82) is 0 Å². The molecule has 10 heteroatoms. The van der Waals surface area contributed by atoms with E-state index in [9.17, 15) is 19.2 Å². The van der Waals surface area contributed by atoms with Crippen LogP contribution in [0.2, 0.25) is 0 Å². The summed E-state index contributed by atoms with van der Waals surface area (Å²) in [6, 6.07) is 5.22. The second kappa shape index (κ2) is 9.81. The molecule has 5 amide bonds. The average molecular weight is 393 g/mol. The lowest BCUT2D eigenvalue weighted by molar-refractivity contribution is -0.142. The summed E-state index contributed by atoms with van der Waals surface area (Å²) in [4.78, 5) is 52.5. The van der Waals surface area contributed by atoms with Gasteiger partial charge in [-0.2, -0.15) is 0 Å². The normalized spacial score (nSPS) is 14.0. The number of rotatable bonds is 10. The van der Waals surface area contributed by atoms with Gasteiger partial charge in [0.1, 0.15) is 12.3 Å². The summed E-state index contributed by atoms with van der Waals surface area (Å²) < 4.78 is 15.0. The lowest BCUT2D eigenvalue weighted by Gasteiger charge is -2.24. The second-order valence-corrected chi connectivity index (χ2v) is 5.88. The van der Waals surface area contributed by atoms with Gasteiger partial charge < -0.3 is 19.1 Å². The molecule has 2 rings (SSSR count). The van der Waals surface area contributed by atoms with Crippen molar-refractivity contribution in [2.45, 2.75) is 0 Å². The zero-order valence-electron chi connectivity index (χ0n) is 16.0. The number of amides is 5. The van der Waals surface area contributed by atoms with Crippen LogP contribution < -0.4 is 9.64 Å². The fourth-order valence-electron chi connectivity index (χ4n) is 2.60. The van der Waals surface area contributed by atoms with Crippen LogP contribution in [0.3, 0.4) is 0 Å². The fourth-order valence-corrected chi connectivity index (χ4v) is 2.60. The van der Waals surface area contributed by atoms with Crippen LogP contribution in [-0.4, -0.2) is 87.7 Å². The third-order valence-corrected chi connectivity index (χ3v) is 4.16. The zero-order valence-corrected chi connectivity index (χ0v) is 16.0. The minimum absolute atomic E-state index is 0.217. The molecule has 0 saturated carbocycles. The second-order valence-electron chi connectivity index (χ2n) is 5.88. The number of benzene rings is 1. The van der Waals surface area contributed by atoms with Gasteiger partial charge in [0, 0.05) is 27.3 Å². The largest absolute Gasteiger partial charge is 0.497 e. The molecule has 28 heavy (non-hydrogen) atoms. The Balaban J connectivity index is 2.14. The number of urea groups is 1. The molecule has 1 saturated heterocycles. The summed E-state index contributed by atoms with van der Waals surface area (Å²) >= 11 is 0. The highest BCUT2D eigenvalue weighted by Gasteiger charge is 2.46. The molecule has 1 aromatic rings. The van der Waals surface area contributed by atoms with E-state index in [1.54, 1.807) is 12.1 Å². The van der Waals surface area contributed by atoms with Crippen molar-refractivity contribution in [3.05, 3.63) is 24.3 Å². The lowest BCUT2D eigenvalue weighted by atomic mass is 10.3. The SMILES string of the molecule is COCCN(CCOC)C(=O)CN1C(=O)C(=O)N(c2ccc(OC)cc2)C1=O. The summed E-state index contributed by atoms with van der Waals surface area (Å²) in [5.74, 6) is -2.01. The van der Waals surface area contributed by atoms with E-state index in [0.29, 0.717) is 10.6 Å². The maximum Gasteiger partial charge on any atom is 0.339 e. The molecule has 1 heterocycles. The average Bonchev–Trinajstić information content (AvgIpc) is 2.91. The molecule has 152 valence electrons. The van der Waals surface area contributed by atoms with E-state index >= 15 is 0 Å². The molecule has 1 aromatic carbocycles. The number of hydrogen-bond acceptors (Lipinski definition) is 7. The van der Waals surface area contributed by atoms with Crippen LogP contribution in [0.4, 0.5) is 10.5 Å². The highest BCUT2D eigenvalue weighted by molar-refractivity contribution is 6.53. The molecule has 0 spiro atoms. The fraction of sp³-hybridized carbons (Fsp3) is 0.444. The minimum Gasteiger partial charge on any atom is -0.497 e. The van der Waals surface area contributed by atoms with E-state index in [4.69, 9.17) is 14.2 Å². The summed E-state index contributed by atoms with van der Waals surface area (Å²) in [5, 5.41) is 0. The van der Waals surface area contributed by atoms with Gasteiger partial charge in [-0.25, -0.2) is 14.6 Å². The first-order valence-corrected chi connectivity index (χ1v) is 8.54. The molecule has 0 aliphatic carbocycles. The van der Waals surface area contributed by atoms with E-state index in [-0.39, 0.29) is 32.0 Å². The Hall–Kier alpha value is -2.98. The van der Waals surface area contributed by atoms with Gasteiger partial charge in [0.05, 0.1) is 26.0 Å². The summed E-state index contributed by atoms with van der Waals surface area (Å²) in [6.45, 7) is 0.572. The van der Waals surface area contributed by atoms with Gasteiger partial charge in [-0.3, -0.25) is 14.4 Å². The summed E-state index contributed by atoms with van der Waals surface area (Å²) in [7, 11) is 4.48. The molecule has 1 fully saturated rings. The number of imide groups is 2.